The normalized spacial score (nSPS) is 19.7. The molecule has 0 spiro atoms. The maximum Gasteiger partial charge on any atom is 0.274 e. The van der Waals surface area contributed by atoms with Crippen molar-refractivity contribution in [1.82, 2.24) is 31.4 Å². The van der Waals surface area contributed by atoms with Crippen molar-refractivity contribution < 1.29 is 23.3 Å². The molecule has 1 aliphatic heterocycles. The van der Waals surface area contributed by atoms with E-state index in [-0.39, 0.29) is 29.1 Å². The zero-order valence-electron chi connectivity index (χ0n) is 20.2. The van der Waals surface area contributed by atoms with Gasteiger partial charge in [-0.1, -0.05) is 49.3 Å². The Labute approximate surface area is 208 Å². The average Bonchev–Trinajstić information content (AvgIpc) is 3.53. The molecule has 1 aromatic carbocycles. The van der Waals surface area contributed by atoms with Crippen molar-refractivity contribution in [3.63, 3.8) is 0 Å². The van der Waals surface area contributed by atoms with Gasteiger partial charge in [-0.2, -0.15) is 0 Å². The lowest BCUT2D eigenvalue weighted by Gasteiger charge is -2.18. The minimum atomic E-state index is -0.818. The highest BCUT2D eigenvalue weighted by atomic mass is 16.5. The molecule has 0 saturated heterocycles. The summed E-state index contributed by atoms with van der Waals surface area (Å²) >= 11 is 0. The number of fused-ring (bicyclic) bond motifs is 4. The van der Waals surface area contributed by atoms with Crippen LogP contribution in [0.4, 0.5) is 0 Å². The lowest BCUT2D eigenvalue weighted by atomic mass is 10.0. The Morgan fingerprint density at radius 2 is 1.75 bits per heavy atom. The second-order valence-electron chi connectivity index (χ2n) is 9.09. The third-order valence-electron chi connectivity index (χ3n) is 5.66. The number of amides is 3. The first-order valence-electron chi connectivity index (χ1n) is 11.9. The summed E-state index contributed by atoms with van der Waals surface area (Å²) in [5, 5.41) is 15.5. The Morgan fingerprint density at radius 1 is 1.00 bits per heavy atom. The molecule has 190 valence electrons. The van der Waals surface area contributed by atoms with Gasteiger partial charge in [0.05, 0.1) is 6.54 Å². The summed E-state index contributed by atoms with van der Waals surface area (Å²) in [6.45, 7) is 5.11. The number of benzene rings is 1. The number of oxazole rings is 1. The van der Waals surface area contributed by atoms with Crippen LogP contribution in [0.25, 0.3) is 0 Å². The van der Waals surface area contributed by atoms with E-state index in [4.69, 9.17) is 8.94 Å². The third kappa shape index (κ3) is 6.57. The van der Waals surface area contributed by atoms with Crippen LogP contribution in [0.2, 0.25) is 0 Å². The van der Waals surface area contributed by atoms with Crippen molar-refractivity contribution in [3.05, 3.63) is 71.3 Å². The zero-order chi connectivity index (χ0) is 25.5. The Bertz CT molecular complexity index is 1190. The van der Waals surface area contributed by atoms with Gasteiger partial charge in [0.1, 0.15) is 18.3 Å². The van der Waals surface area contributed by atoms with Crippen LogP contribution < -0.4 is 21.3 Å². The molecule has 3 heterocycles. The number of rotatable bonds is 4. The van der Waals surface area contributed by atoms with Gasteiger partial charge in [-0.25, -0.2) is 4.98 Å². The molecule has 1 aliphatic rings. The first kappa shape index (κ1) is 25.1. The standard InChI is InChI=1S/C25H30N6O5/c1-15(2)10-20-25-30-21(14-35-25)24(34)28-18(11-16-6-4-3-5-7-16)22(32)27-9-8-26-13-17-12-19(31-36-17)23(33)29-20/h3-7,12,14-15,18,20,26H,8-11,13H2,1-2H3,(H,27,32)(H,28,34)(H,29,33)/t18-,20?/m0/s1. The topological polar surface area (TPSA) is 151 Å². The number of carbonyl (C=O) groups excluding carboxylic acids is 3. The molecule has 3 aromatic rings. The molecule has 0 aliphatic carbocycles. The average molecular weight is 495 g/mol. The minimum Gasteiger partial charge on any atom is -0.446 e. The highest BCUT2D eigenvalue weighted by molar-refractivity contribution is 5.96. The van der Waals surface area contributed by atoms with E-state index in [0.717, 1.165) is 5.56 Å². The SMILES string of the molecule is CC(C)CC1NC(=O)c2cc(on2)CNCCNC(=O)[C@H](Cc2ccccc2)NC(=O)c2coc1n2. The van der Waals surface area contributed by atoms with E-state index >= 15 is 0 Å². The van der Waals surface area contributed by atoms with Crippen LogP contribution in [0.1, 0.15) is 64.5 Å². The Kier molecular flexibility index (Phi) is 8.11. The molecule has 2 atom stereocenters. The van der Waals surface area contributed by atoms with Gasteiger partial charge in [-0.3, -0.25) is 14.4 Å². The van der Waals surface area contributed by atoms with Crippen LogP contribution in [0.3, 0.4) is 0 Å². The van der Waals surface area contributed by atoms with Gasteiger partial charge in [0.25, 0.3) is 11.8 Å². The number of hydrogen-bond acceptors (Lipinski definition) is 8. The highest BCUT2D eigenvalue weighted by Gasteiger charge is 2.27. The van der Waals surface area contributed by atoms with Crippen LogP contribution in [0.5, 0.6) is 0 Å². The van der Waals surface area contributed by atoms with E-state index in [1.807, 2.05) is 44.2 Å². The van der Waals surface area contributed by atoms with Crippen LogP contribution in [-0.4, -0.2) is 47.0 Å². The van der Waals surface area contributed by atoms with E-state index in [2.05, 4.69) is 31.4 Å². The minimum absolute atomic E-state index is 0.0189. The van der Waals surface area contributed by atoms with Gasteiger partial charge in [-0.05, 0) is 17.9 Å². The molecule has 4 N–H and O–H groups in total. The number of hydrogen-bond donors (Lipinski definition) is 4. The molecule has 4 bridgehead atoms. The van der Waals surface area contributed by atoms with E-state index < -0.39 is 23.9 Å². The monoisotopic (exact) mass is 494 g/mol. The fourth-order valence-corrected chi connectivity index (χ4v) is 3.88. The van der Waals surface area contributed by atoms with E-state index in [1.54, 1.807) is 6.07 Å². The van der Waals surface area contributed by atoms with Crippen molar-refractivity contribution >= 4 is 17.7 Å². The number of nitrogens with zero attached hydrogens (tertiary/aromatic N) is 2. The lowest BCUT2D eigenvalue weighted by Crippen LogP contribution is -2.49. The summed E-state index contributed by atoms with van der Waals surface area (Å²) in [6, 6.07) is 9.59. The summed E-state index contributed by atoms with van der Waals surface area (Å²) in [5.74, 6) is -0.412. The molecular formula is C25H30N6O5. The van der Waals surface area contributed by atoms with Crippen molar-refractivity contribution in [1.29, 1.82) is 0 Å². The van der Waals surface area contributed by atoms with Crippen molar-refractivity contribution in [2.45, 2.75) is 45.3 Å². The van der Waals surface area contributed by atoms with Gasteiger partial charge in [0.15, 0.2) is 17.1 Å². The Hall–Kier alpha value is -3.99. The van der Waals surface area contributed by atoms with Gasteiger partial charge in [-0.15, -0.1) is 0 Å². The Morgan fingerprint density at radius 3 is 2.53 bits per heavy atom. The van der Waals surface area contributed by atoms with Crippen LogP contribution in [0, 0.1) is 5.92 Å². The lowest BCUT2D eigenvalue weighted by molar-refractivity contribution is -0.122. The molecule has 0 radical (unpaired) electrons. The van der Waals surface area contributed by atoms with E-state index in [9.17, 15) is 14.4 Å². The maximum absolute atomic E-state index is 13.0. The van der Waals surface area contributed by atoms with Crippen molar-refractivity contribution in [2.24, 2.45) is 5.92 Å². The first-order valence-corrected chi connectivity index (χ1v) is 11.9. The fraction of sp³-hybridized carbons (Fsp3) is 0.400. The second-order valence-corrected chi connectivity index (χ2v) is 9.09. The molecule has 11 heteroatoms. The molecule has 36 heavy (non-hydrogen) atoms. The number of carbonyl (C=O) groups is 3. The number of aromatic nitrogens is 2. The van der Waals surface area contributed by atoms with E-state index in [0.29, 0.717) is 38.2 Å². The predicted molar refractivity (Wildman–Crippen MR) is 129 cm³/mol. The quantitative estimate of drug-likeness (QED) is 0.428. The second kappa shape index (κ2) is 11.6. The largest absolute Gasteiger partial charge is 0.446 e. The van der Waals surface area contributed by atoms with Crippen molar-refractivity contribution in [3.8, 4) is 0 Å². The Balaban J connectivity index is 1.60. The highest BCUT2D eigenvalue weighted by Crippen LogP contribution is 2.22. The van der Waals surface area contributed by atoms with Crippen LogP contribution in [-0.2, 0) is 17.8 Å². The third-order valence-corrected chi connectivity index (χ3v) is 5.66. The van der Waals surface area contributed by atoms with Crippen LogP contribution >= 0.6 is 0 Å². The molecule has 3 amide bonds. The van der Waals surface area contributed by atoms with Gasteiger partial charge < -0.3 is 30.2 Å². The smallest absolute Gasteiger partial charge is 0.274 e. The molecule has 11 nitrogen and oxygen atoms in total. The molecule has 0 saturated carbocycles. The summed E-state index contributed by atoms with van der Waals surface area (Å²) in [4.78, 5) is 43.1. The van der Waals surface area contributed by atoms with E-state index in [1.165, 1.54) is 6.26 Å². The predicted octanol–water partition coefficient (Wildman–Crippen LogP) is 1.74. The molecule has 4 rings (SSSR count). The molecule has 0 fully saturated rings. The zero-order valence-corrected chi connectivity index (χ0v) is 20.2. The fourth-order valence-electron chi connectivity index (χ4n) is 3.88. The maximum atomic E-state index is 13.0. The molecule has 2 aromatic heterocycles. The first-order chi connectivity index (χ1) is 17.4. The van der Waals surface area contributed by atoms with Gasteiger partial charge in [0, 0.05) is 25.6 Å². The molecular weight excluding hydrogens is 464 g/mol. The molecule has 1 unspecified atom stereocenters. The van der Waals surface area contributed by atoms with Gasteiger partial charge in [0.2, 0.25) is 11.8 Å². The summed E-state index contributed by atoms with van der Waals surface area (Å²) in [6.07, 6.45) is 2.07. The number of nitrogens with one attached hydrogen (secondary N) is 4. The summed E-state index contributed by atoms with van der Waals surface area (Å²) < 4.78 is 10.8. The van der Waals surface area contributed by atoms with Crippen molar-refractivity contribution in [2.75, 3.05) is 13.1 Å². The van der Waals surface area contributed by atoms with Gasteiger partial charge >= 0.3 is 0 Å². The summed E-state index contributed by atoms with van der Waals surface area (Å²) in [7, 11) is 0. The van der Waals surface area contributed by atoms with Crippen LogP contribution in [0.15, 0.2) is 51.6 Å². The summed E-state index contributed by atoms with van der Waals surface area (Å²) in [5.41, 5.74) is 1.05.